The molecule has 3 heteroatoms. The Morgan fingerprint density at radius 3 is 2.62 bits per heavy atom. The van der Waals surface area contributed by atoms with Crippen LogP contribution < -0.4 is 5.32 Å². The third kappa shape index (κ3) is 0.909. The summed E-state index contributed by atoms with van der Waals surface area (Å²) in [6.07, 6.45) is 3.92. The van der Waals surface area contributed by atoms with Crippen LogP contribution in [0.4, 0.5) is 0 Å². The van der Waals surface area contributed by atoms with E-state index in [9.17, 15) is 4.79 Å². The van der Waals surface area contributed by atoms with Crippen LogP contribution >= 0.6 is 0 Å². The van der Waals surface area contributed by atoms with Gasteiger partial charge in [-0.1, -0.05) is 0 Å². The van der Waals surface area contributed by atoms with Crippen molar-refractivity contribution in [2.24, 2.45) is 17.3 Å². The van der Waals surface area contributed by atoms with Gasteiger partial charge in [0.25, 0.3) is 0 Å². The molecule has 2 saturated carbocycles. The van der Waals surface area contributed by atoms with E-state index in [-0.39, 0.29) is 12.0 Å². The third-order valence-electron chi connectivity index (χ3n) is 4.11. The molecular formula is C10H15NO2. The van der Waals surface area contributed by atoms with E-state index in [0.29, 0.717) is 5.41 Å². The lowest BCUT2D eigenvalue weighted by Gasteiger charge is -2.47. The molecule has 1 aliphatic heterocycles. The number of esters is 1. The van der Waals surface area contributed by atoms with Crippen LogP contribution in [0.15, 0.2) is 0 Å². The third-order valence-corrected chi connectivity index (χ3v) is 4.11. The Hall–Kier alpha value is -0.570. The zero-order valence-electron chi connectivity index (χ0n) is 7.88. The molecule has 72 valence electrons. The second kappa shape index (κ2) is 2.27. The Balaban J connectivity index is 1.74. The van der Waals surface area contributed by atoms with Crippen LogP contribution in [0, 0.1) is 17.3 Å². The van der Waals surface area contributed by atoms with Crippen molar-refractivity contribution in [1.29, 1.82) is 0 Å². The van der Waals surface area contributed by atoms with Gasteiger partial charge in [-0.15, -0.1) is 0 Å². The van der Waals surface area contributed by atoms with Crippen LogP contribution in [-0.2, 0) is 9.53 Å². The molecule has 1 spiro atoms. The Morgan fingerprint density at radius 2 is 2.15 bits per heavy atom. The summed E-state index contributed by atoms with van der Waals surface area (Å²) in [4.78, 5) is 11.4. The molecule has 4 atom stereocenters. The summed E-state index contributed by atoms with van der Waals surface area (Å²) in [7, 11) is 1.48. The number of hydrogen-bond acceptors (Lipinski definition) is 3. The molecule has 3 rings (SSSR count). The van der Waals surface area contributed by atoms with E-state index >= 15 is 0 Å². The Labute approximate surface area is 77.8 Å². The standard InChI is InChI=1S/C10H15NO2/c1-13-9(12)8-10(5-11-8)3-6-2-7(6)4-10/h6-8,11H,2-5H2,1H3/t6-,7+,8-,10?/m0/s1. The Bertz CT molecular complexity index is 254. The molecule has 1 saturated heterocycles. The predicted molar refractivity (Wildman–Crippen MR) is 47.1 cm³/mol. The largest absolute Gasteiger partial charge is 0.468 e. The number of methoxy groups -OCH3 is 1. The average molecular weight is 181 g/mol. The number of hydrogen-bond donors (Lipinski definition) is 1. The van der Waals surface area contributed by atoms with Gasteiger partial charge in [0.2, 0.25) is 0 Å². The molecular weight excluding hydrogens is 166 g/mol. The lowest BCUT2D eigenvalue weighted by Crippen LogP contribution is -2.65. The van der Waals surface area contributed by atoms with E-state index in [4.69, 9.17) is 4.74 Å². The molecule has 2 aliphatic carbocycles. The second-order valence-electron chi connectivity index (χ2n) is 4.86. The highest BCUT2D eigenvalue weighted by molar-refractivity contribution is 5.78. The van der Waals surface area contributed by atoms with Crippen molar-refractivity contribution in [2.45, 2.75) is 25.3 Å². The van der Waals surface area contributed by atoms with Crippen LogP contribution in [0.5, 0.6) is 0 Å². The van der Waals surface area contributed by atoms with E-state index in [1.165, 1.54) is 26.4 Å². The molecule has 0 bridgehead atoms. The van der Waals surface area contributed by atoms with Crippen molar-refractivity contribution >= 4 is 5.97 Å². The van der Waals surface area contributed by atoms with E-state index in [2.05, 4.69) is 5.32 Å². The van der Waals surface area contributed by atoms with Gasteiger partial charge in [-0.25, -0.2) is 0 Å². The Morgan fingerprint density at radius 1 is 1.46 bits per heavy atom. The number of nitrogens with one attached hydrogen (secondary N) is 1. The zero-order valence-corrected chi connectivity index (χ0v) is 7.88. The van der Waals surface area contributed by atoms with Gasteiger partial charge in [0.15, 0.2) is 0 Å². The van der Waals surface area contributed by atoms with Crippen LogP contribution in [0.25, 0.3) is 0 Å². The maximum atomic E-state index is 11.4. The first-order valence-corrected chi connectivity index (χ1v) is 5.06. The van der Waals surface area contributed by atoms with Gasteiger partial charge in [0.05, 0.1) is 7.11 Å². The Kier molecular flexibility index (Phi) is 1.36. The number of fused-ring (bicyclic) bond motifs is 1. The van der Waals surface area contributed by atoms with Gasteiger partial charge >= 0.3 is 5.97 Å². The van der Waals surface area contributed by atoms with E-state index in [1.54, 1.807) is 0 Å². The SMILES string of the molecule is COC(=O)[C@@H]1NCC12C[C@H]1C[C@H]1C2. The van der Waals surface area contributed by atoms with Gasteiger partial charge in [0.1, 0.15) is 6.04 Å². The lowest BCUT2D eigenvalue weighted by molar-refractivity contribution is -0.152. The summed E-state index contributed by atoms with van der Waals surface area (Å²) >= 11 is 0. The minimum absolute atomic E-state index is 0.00491. The van der Waals surface area contributed by atoms with E-state index in [1.807, 2.05) is 0 Å². The van der Waals surface area contributed by atoms with Crippen LogP contribution in [0.3, 0.4) is 0 Å². The topological polar surface area (TPSA) is 38.3 Å². The normalized spacial score (nSPS) is 51.3. The summed E-state index contributed by atoms with van der Waals surface area (Å²) in [5.41, 5.74) is 0.292. The predicted octanol–water partition coefficient (Wildman–Crippen LogP) is 0.547. The molecule has 0 aromatic carbocycles. The van der Waals surface area contributed by atoms with Gasteiger partial charge in [-0.05, 0) is 31.1 Å². The van der Waals surface area contributed by atoms with Crippen molar-refractivity contribution in [2.75, 3.05) is 13.7 Å². The van der Waals surface area contributed by atoms with Crippen LogP contribution in [-0.4, -0.2) is 25.7 Å². The van der Waals surface area contributed by atoms with Crippen molar-refractivity contribution < 1.29 is 9.53 Å². The number of ether oxygens (including phenoxy) is 1. The smallest absolute Gasteiger partial charge is 0.323 e. The number of carbonyl (C=O) groups is 1. The highest BCUT2D eigenvalue weighted by Gasteiger charge is 2.62. The number of carbonyl (C=O) groups excluding carboxylic acids is 1. The highest BCUT2D eigenvalue weighted by atomic mass is 16.5. The van der Waals surface area contributed by atoms with Crippen molar-refractivity contribution in [3.63, 3.8) is 0 Å². The van der Waals surface area contributed by atoms with Gasteiger partial charge in [0, 0.05) is 12.0 Å². The first-order chi connectivity index (χ1) is 6.25. The molecule has 3 aliphatic rings. The van der Waals surface area contributed by atoms with Gasteiger partial charge in [-0.3, -0.25) is 4.79 Å². The van der Waals surface area contributed by atoms with Gasteiger partial charge in [-0.2, -0.15) is 0 Å². The molecule has 0 amide bonds. The molecule has 1 heterocycles. The molecule has 1 unspecified atom stereocenters. The molecule has 3 nitrogen and oxygen atoms in total. The van der Waals surface area contributed by atoms with Gasteiger partial charge < -0.3 is 10.1 Å². The maximum Gasteiger partial charge on any atom is 0.323 e. The summed E-state index contributed by atoms with van der Waals surface area (Å²) in [5.74, 6) is 1.82. The molecule has 3 fully saturated rings. The fourth-order valence-electron chi connectivity index (χ4n) is 3.26. The second-order valence-corrected chi connectivity index (χ2v) is 4.86. The zero-order chi connectivity index (χ0) is 9.05. The molecule has 13 heavy (non-hydrogen) atoms. The first-order valence-electron chi connectivity index (χ1n) is 5.06. The van der Waals surface area contributed by atoms with Crippen molar-refractivity contribution in [3.05, 3.63) is 0 Å². The monoisotopic (exact) mass is 181 g/mol. The van der Waals surface area contributed by atoms with E-state index in [0.717, 1.165) is 18.4 Å². The van der Waals surface area contributed by atoms with Crippen molar-refractivity contribution in [3.8, 4) is 0 Å². The summed E-state index contributed by atoms with van der Waals surface area (Å²) in [6.45, 7) is 1.03. The molecule has 0 aromatic heterocycles. The minimum atomic E-state index is -0.0625. The minimum Gasteiger partial charge on any atom is -0.468 e. The lowest BCUT2D eigenvalue weighted by atomic mass is 9.70. The summed E-state index contributed by atoms with van der Waals surface area (Å²) in [6, 6.07) is 0.00491. The van der Waals surface area contributed by atoms with Crippen molar-refractivity contribution in [1.82, 2.24) is 5.32 Å². The number of rotatable bonds is 1. The molecule has 1 N–H and O–H groups in total. The first kappa shape index (κ1) is 7.80. The fourth-order valence-corrected chi connectivity index (χ4v) is 3.26. The summed E-state index contributed by atoms with van der Waals surface area (Å²) in [5, 5.41) is 3.20. The van der Waals surface area contributed by atoms with E-state index < -0.39 is 0 Å². The molecule has 0 aromatic rings. The van der Waals surface area contributed by atoms with Crippen LogP contribution in [0.1, 0.15) is 19.3 Å². The maximum absolute atomic E-state index is 11.4. The molecule has 0 radical (unpaired) electrons. The summed E-state index contributed by atoms with van der Waals surface area (Å²) < 4.78 is 4.79. The van der Waals surface area contributed by atoms with Crippen LogP contribution in [0.2, 0.25) is 0 Å². The highest BCUT2D eigenvalue weighted by Crippen LogP contribution is 2.62. The average Bonchev–Trinajstić information content (AvgIpc) is 2.72. The quantitative estimate of drug-likeness (QED) is 0.600. The fraction of sp³-hybridized carbons (Fsp3) is 0.900.